The molecular weight excluding hydrogens is 268 g/mol. The second kappa shape index (κ2) is 6.83. The minimum Gasteiger partial charge on any atom is -0.496 e. The molecule has 4 heteroatoms. The van der Waals surface area contributed by atoms with Crippen molar-refractivity contribution in [2.75, 3.05) is 26.0 Å². The molecule has 1 heterocycles. The number of rotatable bonds is 4. The van der Waals surface area contributed by atoms with E-state index in [0.717, 1.165) is 24.4 Å². The largest absolute Gasteiger partial charge is 0.496 e. The minimum atomic E-state index is 0.414. The van der Waals surface area contributed by atoms with Crippen molar-refractivity contribution < 1.29 is 4.74 Å². The summed E-state index contributed by atoms with van der Waals surface area (Å²) in [5, 5.41) is 0. The zero-order valence-corrected chi connectivity index (χ0v) is 13.6. The van der Waals surface area contributed by atoms with Crippen LogP contribution < -0.4 is 10.5 Å². The molecule has 20 heavy (non-hydrogen) atoms. The molecule has 2 rings (SSSR count). The van der Waals surface area contributed by atoms with Gasteiger partial charge in [-0.25, -0.2) is 0 Å². The number of thioether (sulfide) groups is 1. The van der Waals surface area contributed by atoms with Crippen LogP contribution in [0.2, 0.25) is 0 Å². The van der Waals surface area contributed by atoms with Gasteiger partial charge in [-0.05, 0) is 30.7 Å². The van der Waals surface area contributed by atoms with Gasteiger partial charge < -0.3 is 10.5 Å². The third-order valence-electron chi connectivity index (χ3n) is 3.90. The molecule has 0 aliphatic carbocycles. The minimum absolute atomic E-state index is 0.414. The van der Waals surface area contributed by atoms with Crippen LogP contribution in [-0.4, -0.2) is 35.6 Å². The summed E-state index contributed by atoms with van der Waals surface area (Å²) < 4.78 is 5.75. The highest BCUT2D eigenvalue weighted by atomic mass is 32.2. The van der Waals surface area contributed by atoms with Crippen molar-refractivity contribution in [3.8, 4) is 5.75 Å². The first kappa shape index (κ1) is 15.7. The van der Waals surface area contributed by atoms with Crippen LogP contribution in [-0.2, 0) is 13.1 Å². The highest BCUT2D eigenvalue weighted by molar-refractivity contribution is 8.00. The van der Waals surface area contributed by atoms with Crippen LogP contribution in [0.15, 0.2) is 18.2 Å². The van der Waals surface area contributed by atoms with Crippen molar-refractivity contribution in [2.24, 2.45) is 5.73 Å². The second-order valence-electron chi connectivity index (χ2n) is 5.98. The van der Waals surface area contributed by atoms with E-state index in [-0.39, 0.29) is 0 Å². The van der Waals surface area contributed by atoms with E-state index < -0.39 is 0 Å². The van der Waals surface area contributed by atoms with Crippen molar-refractivity contribution in [1.82, 2.24) is 4.90 Å². The molecule has 2 N–H and O–H groups in total. The van der Waals surface area contributed by atoms with E-state index >= 15 is 0 Å². The number of methoxy groups -OCH3 is 1. The molecule has 0 amide bonds. The van der Waals surface area contributed by atoms with Crippen LogP contribution >= 0.6 is 11.8 Å². The fourth-order valence-corrected chi connectivity index (χ4v) is 3.71. The zero-order chi connectivity index (χ0) is 14.6. The van der Waals surface area contributed by atoms with Gasteiger partial charge in [0, 0.05) is 35.7 Å². The molecule has 0 bridgehead atoms. The summed E-state index contributed by atoms with van der Waals surface area (Å²) >= 11 is 2.09. The predicted molar refractivity (Wildman–Crippen MR) is 87.3 cm³/mol. The molecule has 3 nitrogen and oxygen atoms in total. The first-order valence-electron chi connectivity index (χ1n) is 7.26. The fraction of sp³-hybridized carbons (Fsp3) is 0.625. The van der Waals surface area contributed by atoms with Crippen molar-refractivity contribution in [2.45, 2.75) is 38.1 Å². The summed E-state index contributed by atoms with van der Waals surface area (Å²) in [7, 11) is 1.70. The lowest BCUT2D eigenvalue weighted by Crippen LogP contribution is -2.26. The smallest absolute Gasteiger partial charge is 0.123 e. The molecule has 1 fully saturated rings. The molecule has 1 aromatic carbocycles. The second-order valence-corrected chi connectivity index (χ2v) is 7.79. The van der Waals surface area contributed by atoms with E-state index in [0.29, 0.717) is 11.3 Å². The molecule has 0 aromatic heterocycles. The van der Waals surface area contributed by atoms with Gasteiger partial charge in [0.25, 0.3) is 0 Å². The topological polar surface area (TPSA) is 38.5 Å². The number of hydrogen-bond donors (Lipinski definition) is 1. The van der Waals surface area contributed by atoms with Gasteiger partial charge in [0.1, 0.15) is 5.75 Å². The lowest BCUT2D eigenvalue weighted by atomic mass is 10.1. The molecule has 0 unspecified atom stereocenters. The van der Waals surface area contributed by atoms with Gasteiger partial charge in [0.15, 0.2) is 0 Å². The molecule has 112 valence electrons. The van der Waals surface area contributed by atoms with Gasteiger partial charge in [0.2, 0.25) is 0 Å². The zero-order valence-electron chi connectivity index (χ0n) is 12.8. The average molecular weight is 294 g/mol. The molecule has 0 saturated carbocycles. The van der Waals surface area contributed by atoms with E-state index in [1.165, 1.54) is 24.3 Å². The quantitative estimate of drug-likeness (QED) is 0.927. The molecular formula is C16H26N2OS. The first-order valence-corrected chi connectivity index (χ1v) is 8.25. The average Bonchev–Trinajstić information content (AvgIpc) is 2.60. The van der Waals surface area contributed by atoms with Crippen LogP contribution in [0.3, 0.4) is 0 Å². The number of hydrogen-bond acceptors (Lipinski definition) is 4. The molecule has 0 radical (unpaired) electrons. The Morgan fingerprint density at radius 3 is 2.85 bits per heavy atom. The summed E-state index contributed by atoms with van der Waals surface area (Å²) in [6, 6.07) is 6.37. The number of benzene rings is 1. The number of ether oxygens (including phenoxy) is 1. The first-order chi connectivity index (χ1) is 9.54. The highest BCUT2D eigenvalue weighted by Crippen LogP contribution is 2.31. The van der Waals surface area contributed by atoms with Crippen LogP contribution in [0.25, 0.3) is 0 Å². The fourth-order valence-electron chi connectivity index (χ4n) is 2.57. The lowest BCUT2D eigenvalue weighted by molar-refractivity contribution is 0.276. The van der Waals surface area contributed by atoms with Crippen molar-refractivity contribution in [3.05, 3.63) is 29.3 Å². The Morgan fingerprint density at radius 1 is 1.35 bits per heavy atom. The number of nitrogens with two attached hydrogens (primary N) is 1. The monoisotopic (exact) mass is 294 g/mol. The third-order valence-corrected chi connectivity index (χ3v) is 5.27. The van der Waals surface area contributed by atoms with Gasteiger partial charge in [-0.3, -0.25) is 4.90 Å². The Hall–Kier alpha value is -0.710. The summed E-state index contributed by atoms with van der Waals surface area (Å²) in [5.74, 6) is 2.11. The summed E-state index contributed by atoms with van der Waals surface area (Å²) in [6.07, 6.45) is 1.25. The normalized spacial score (nSPS) is 19.6. The van der Waals surface area contributed by atoms with E-state index in [1.54, 1.807) is 7.11 Å². The van der Waals surface area contributed by atoms with Crippen LogP contribution in [0.4, 0.5) is 0 Å². The van der Waals surface area contributed by atoms with E-state index in [1.807, 2.05) is 6.07 Å². The van der Waals surface area contributed by atoms with E-state index in [4.69, 9.17) is 10.5 Å². The Kier molecular flexibility index (Phi) is 5.35. The Morgan fingerprint density at radius 2 is 2.15 bits per heavy atom. The maximum atomic E-state index is 5.79. The molecule has 1 saturated heterocycles. The van der Waals surface area contributed by atoms with E-state index in [9.17, 15) is 0 Å². The lowest BCUT2D eigenvalue weighted by Gasteiger charge is -2.23. The molecule has 0 atom stereocenters. The van der Waals surface area contributed by atoms with Crippen LogP contribution in [0.5, 0.6) is 5.75 Å². The van der Waals surface area contributed by atoms with Gasteiger partial charge in [-0.2, -0.15) is 11.8 Å². The Balaban J connectivity index is 2.02. The van der Waals surface area contributed by atoms with Gasteiger partial charge in [-0.1, -0.05) is 19.9 Å². The Labute approximate surface area is 126 Å². The van der Waals surface area contributed by atoms with Crippen molar-refractivity contribution in [1.29, 1.82) is 0 Å². The van der Waals surface area contributed by atoms with Crippen molar-refractivity contribution in [3.63, 3.8) is 0 Å². The van der Waals surface area contributed by atoms with Gasteiger partial charge in [-0.15, -0.1) is 0 Å². The van der Waals surface area contributed by atoms with Gasteiger partial charge in [0.05, 0.1) is 7.11 Å². The number of nitrogens with zero attached hydrogens (tertiary/aromatic N) is 1. The van der Waals surface area contributed by atoms with E-state index in [2.05, 4.69) is 42.6 Å². The van der Waals surface area contributed by atoms with Crippen molar-refractivity contribution >= 4 is 11.8 Å². The third kappa shape index (κ3) is 4.14. The van der Waals surface area contributed by atoms with Gasteiger partial charge >= 0.3 is 0 Å². The summed E-state index contributed by atoms with van der Waals surface area (Å²) in [4.78, 5) is 2.55. The SMILES string of the molecule is COc1ccc(CN2CCSC(C)(C)CC2)cc1CN. The van der Waals surface area contributed by atoms with Crippen LogP contribution in [0, 0.1) is 0 Å². The molecule has 1 aromatic rings. The maximum Gasteiger partial charge on any atom is 0.123 e. The summed E-state index contributed by atoms with van der Waals surface area (Å²) in [6.45, 7) is 8.57. The Bertz CT molecular complexity index is 448. The molecule has 1 aliphatic heterocycles. The highest BCUT2D eigenvalue weighted by Gasteiger charge is 2.23. The predicted octanol–water partition coefficient (Wildman–Crippen LogP) is 2.87. The van der Waals surface area contributed by atoms with Crippen LogP contribution in [0.1, 0.15) is 31.4 Å². The maximum absolute atomic E-state index is 5.79. The molecule has 0 spiro atoms. The standard InChI is InChI=1S/C16H26N2OS/c1-16(2)6-7-18(8-9-20-16)12-13-4-5-15(19-3)14(10-13)11-17/h4-5,10H,6-9,11-12,17H2,1-3H3. The summed E-state index contributed by atoms with van der Waals surface area (Å²) in [5.41, 5.74) is 8.21. The molecule has 1 aliphatic rings.